The summed E-state index contributed by atoms with van der Waals surface area (Å²) in [4.78, 5) is 0. The predicted octanol–water partition coefficient (Wildman–Crippen LogP) is 6.17. The Bertz CT molecular complexity index is 615. The lowest BCUT2D eigenvalue weighted by Crippen LogP contribution is -1.91. The highest BCUT2D eigenvalue weighted by molar-refractivity contribution is 5.95. The monoisotopic (exact) mass is 325 g/mol. The van der Waals surface area contributed by atoms with Gasteiger partial charge in [0.15, 0.2) is 0 Å². The molecule has 0 aliphatic carbocycles. The first-order valence-corrected chi connectivity index (χ1v) is 8.35. The molecule has 130 valence electrons. The summed E-state index contributed by atoms with van der Waals surface area (Å²) in [5, 5.41) is 7.57. The van der Waals surface area contributed by atoms with Crippen molar-refractivity contribution in [3.63, 3.8) is 0 Å². The third kappa shape index (κ3) is 8.44. The van der Waals surface area contributed by atoms with Crippen molar-refractivity contribution in [2.24, 2.45) is 0 Å². The molecule has 0 aliphatic rings. The number of hydrogen-bond acceptors (Lipinski definition) is 2. The second kappa shape index (κ2) is 13.3. The first-order valence-electron chi connectivity index (χ1n) is 8.35. The molecule has 2 aromatic rings. The molecule has 2 aromatic carbocycles. The van der Waals surface area contributed by atoms with Gasteiger partial charge >= 0.3 is 0 Å². The van der Waals surface area contributed by atoms with E-state index in [-0.39, 0.29) is 0 Å². The van der Waals surface area contributed by atoms with Crippen LogP contribution in [0.4, 0.5) is 0 Å². The number of allylic oxidation sites excluding steroid dienone is 2. The Morgan fingerprint density at radius 3 is 2.00 bits per heavy atom. The third-order valence-electron chi connectivity index (χ3n) is 3.27. The van der Waals surface area contributed by atoms with E-state index in [0.717, 1.165) is 12.0 Å². The van der Waals surface area contributed by atoms with E-state index >= 15 is 0 Å². The molecule has 0 aliphatic heterocycles. The van der Waals surface area contributed by atoms with Gasteiger partial charge in [-0.1, -0.05) is 74.5 Å². The van der Waals surface area contributed by atoms with Crippen molar-refractivity contribution >= 4 is 5.71 Å². The number of methoxy groups -OCH3 is 1. The van der Waals surface area contributed by atoms with Crippen molar-refractivity contribution in [1.82, 2.24) is 0 Å². The summed E-state index contributed by atoms with van der Waals surface area (Å²) in [7, 11) is 3.25. The smallest absolute Gasteiger partial charge is 0.0351 e. The van der Waals surface area contributed by atoms with Gasteiger partial charge in [0.2, 0.25) is 0 Å². The van der Waals surface area contributed by atoms with E-state index in [4.69, 9.17) is 5.41 Å². The van der Waals surface area contributed by atoms with Crippen LogP contribution in [-0.2, 0) is 11.2 Å². The van der Waals surface area contributed by atoms with Gasteiger partial charge in [0.25, 0.3) is 0 Å². The van der Waals surface area contributed by atoms with E-state index < -0.39 is 0 Å². The van der Waals surface area contributed by atoms with Crippen LogP contribution in [0.2, 0.25) is 0 Å². The minimum atomic E-state index is 0.638. The van der Waals surface area contributed by atoms with E-state index in [1.807, 2.05) is 33.8 Å². The summed E-state index contributed by atoms with van der Waals surface area (Å²) in [6, 6.07) is 19.0. The van der Waals surface area contributed by atoms with E-state index in [1.54, 1.807) is 14.2 Å². The van der Waals surface area contributed by atoms with Crippen molar-refractivity contribution in [3.05, 3.63) is 71.8 Å². The minimum Gasteiger partial charge on any atom is -0.388 e. The van der Waals surface area contributed by atoms with Crippen LogP contribution in [0.5, 0.6) is 0 Å². The maximum Gasteiger partial charge on any atom is 0.0351 e. The molecular formula is C22H31NO. The zero-order valence-corrected chi connectivity index (χ0v) is 15.9. The van der Waals surface area contributed by atoms with Crippen molar-refractivity contribution in [1.29, 1.82) is 5.41 Å². The standard InChI is InChI=1S/C18H19N.C2H6O.C2H6/c1-14(15(2)19)11-12-16-7-6-10-18(13-16)17-8-4-3-5-9-17;1-3-2;1-2/h3-11,13,19H,12H2,1-2H3;1-2H3;1-2H3/b14-11-,19-15?;;. The highest BCUT2D eigenvalue weighted by Crippen LogP contribution is 2.20. The summed E-state index contributed by atoms with van der Waals surface area (Å²) < 4.78 is 4.25. The van der Waals surface area contributed by atoms with Crippen LogP contribution in [-0.4, -0.2) is 19.9 Å². The third-order valence-corrected chi connectivity index (χ3v) is 3.27. The number of benzene rings is 2. The molecule has 2 rings (SSSR count). The summed E-state index contributed by atoms with van der Waals surface area (Å²) in [5.41, 5.74) is 5.45. The molecule has 0 fully saturated rings. The molecule has 0 spiro atoms. The SMILES string of the molecule is CC.CC(=N)/C(C)=C\Cc1cccc(-c2ccccc2)c1.COC. The van der Waals surface area contributed by atoms with Gasteiger partial charge in [0, 0.05) is 19.9 Å². The number of nitrogens with one attached hydrogen (secondary N) is 1. The quantitative estimate of drug-likeness (QED) is 0.670. The Hall–Kier alpha value is -2.19. The molecule has 1 N–H and O–H groups in total. The molecule has 2 nitrogen and oxygen atoms in total. The van der Waals surface area contributed by atoms with Crippen LogP contribution < -0.4 is 0 Å². The second-order valence-electron chi connectivity index (χ2n) is 5.19. The first kappa shape index (κ1) is 21.8. The minimum absolute atomic E-state index is 0.638. The lowest BCUT2D eigenvalue weighted by molar-refractivity contribution is 0.277. The average molecular weight is 325 g/mol. The molecular weight excluding hydrogens is 294 g/mol. The number of rotatable bonds is 4. The normalized spacial score (nSPS) is 10.0. The molecule has 0 amide bonds. The molecule has 0 aromatic heterocycles. The molecule has 0 unspecified atom stereocenters. The highest BCUT2D eigenvalue weighted by Gasteiger charge is 1.98. The van der Waals surface area contributed by atoms with Crippen molar-refractivity contribution in [2.75, 3.05) is 14.2 Å². The second-order valence-corrected chi connectivity index (χ2v) is 5.19. The zero-order valence-electron chi connectivity index (χ0n) is 15.9. The molecule has 0 heterocycles. The lowest BCUT2D eigenvalue weighted by Gasteiger charge is -2.04. The van der Waals surface area contributed by atoms with Gasteiger partial charge in [-0.25, -0.2) is 0 Å². The Morgan fingerprint density at radius 1 is 0.917 bits per heavy atom. The summed E-state index contributed by atoms with van der Waals surface area (Å²) >= 11 is 0. The average Bonchev–Trinajstić information content (AvgIpc) is 2.63. The van der Waals surface area contributed by atoms with Crippen molar-refractivity contribution in [3.8, 4) is 11.1 Å². The molecule has 0 saturated carbocycles. The predicted molar refractivity (Wildman–Crippen MR) is 107 cm³/mol. The molecule has 0 bridgehead atoms. The van der Waals surface area contributed by atoms with Gasteiger partial charge in [-0.3, -0.25) is 0 Å². The van der Waals surface area contributed by atoms with Gasteiger partial charge in [-0.05, 0) is 42.5 Å². The molecule has 0 saturated heterocycles. The summed E-state index contributed by atoms with van der Waals surface area (Å²) in [6.07, 6.45) is 3.00. The Morgan fingerprint density at radius 2 is 1.46 bits per heavy atom. The van der Waals surface area contributed by atoms with Crippen molar-refractivity contribution in [2.45, 2.75) is 34.1 Å². The van der Waals surface area contributed by atoms with Gasteiger partial charge in [-0.15, -0.1) is 0 Å². The maximum atomic E-state index is 7.57. The fraction of sp³-hybridized carbons (Fsp3) is 0.318. The van der Waals surface area contributed by atoms with Crippen LogP contribution in [0.1, 0.15) is 33.3 Å². The fourth-order valence-electron chi connectivity index (χ4n) is 1.93. The summed E-state index contributed by atoms with van der Waals surface area (Å²) in [5.74, 6) is 0. The lowest BCUT2D eigenvalue weighted by atomic mass is 10.0. The van der Waals surface area contributed by atoms with Crippen molar-refractivity contribution < 1.29 is 4.74 Å². The maximum absolute atomic E-state index is 7.57. The highest BCUT2D eigenvalue weighted by atomic mass is 16.4. The van der Waals surface area contributed by atoms with Crippen LogP contribution in [0.3, 0.4) is 0 Å². The first-order chi connectivity index (χ1) is 11.6. The molecule has 0 radical (unpaired) electrons. The van der Waals surface area contributed by atoms with E-state index in [1.165, 1.54) is 16.7 Å². The van der Waals surface area contributed by atoms with Gasteiger partial charge in [0.05, 0.1) is 0 Å². The zero-order chi connectivity index (χ0) is 18.4. The summed E-state index contributed by atoms with van der Waals surface area (Å²) in [6.45, 7) is 7.82. The largest absolute Gasteiger partial charge is 0.388 e. The molecule has 0 atom stereocenters. The van der Waals surface area contributed by atoms with Gasteiger partial charge in [0.1, 0.15) is 0 Å². The van der Waals surface area contributed by atoms with E-state index in [9.17, 15) is 0 Å². The van der Waals surface area contributed by atoms with E-state index in [0.29, 0.717) is 5.71 Å². The van der Waals surface area contributed by atoms with Crippen LogP contribution in [0.25, 0.3) is 11.1 Å². The molecule has 24 heavy (non-hydrogen) atoms. The Kier molecular flexibility index (Phi) is 12.1. The van der Waals surface area contributed by atoms with E-state index in [2.05, 4.69) is 59.3 Å². The number of hydrogen-bond donors (Lipinski definition) is 1. The van der Waals surface area contributed by atoms with Crippen LogP contribution in [0, 0.1) is 5.41 Å². The Balaban J connectivity index is 0.000000952. The fourth-order valence-corrected chi connectivity index (χ4v) is 1.93. The van der Waals surface area contributed by atoms with Crippen LogP contribution in [0.15, 0.2) is 66.2 Å². The van der Waals surface area contributed by atoms with Crippen LogP contribution >= 0.6 is 0 Å². The Labute approximate surface area is 147 Å². The topological polar surface area (TPSA) is 33.1 Å². The van der Waals surface area contributed by atoms with Gasteiger partial charge in [-0.2, -0.15) is 0 Å². The van der Waals surface area contributed by atoms with Gasteiger partial charge < -0.3 is 10.1 Å². The number of ether oxygens (including phenoxy) is 1. The molecule has 2 heteroatoms.